The van der Waals surface area contributed by atoms with Crippen LogP contribution in [0.4, 0.5) is 0 Å². The molecule has 60 heavy (non-hydrogen) atoms. The van der Waals surface area contributed by atoms with Crippen molar-refractivity contribution in [2.45, 2.75) is 24.7 Å². The van der Waals surface area contributed by atoms with E-state index in [2.05, 4.69) is 194 Å². The Kier molecular flexibility index (Phi) is 6.69. The zero-order chi connectivity index (χ0) is 39.3. The Morgan fingerprint density at radius 1 is 0.550 bits per heavy atom. The number of hydrogen-bond acceptors (Lipinski definition) is 2. The van der Waals surface area contributed by atoms with E-state index in [9.17, 15) is 0 Å². The highest BCUT2D eigenvalue weighted by atomic mass is 32.1. The molecule has 3 unspecified atom stereocenters. The minimum Gasteiger partial charge on any atom is -0.309 e. The summed E-state index contributed by atoms with van der Waals surface area (Å²) in [6.45, 7) is 2.38. The standard InChI is InChI=1S/C57H37NS2/c1-33-12-8-18-45-46-20-10-15-39(56(46)60-54(33)45)35-27-26-34-30-37(31-35)57(47-21-4-6-24-51(47)58-50-23-5-2-13-41(50)43-17-11-22-48(57)53(43)58)49-32-36(28-29-38(34)49)40-16-9-19-44-42-14-3-7-25-52(42)59-55(40)44/h2-11,13-33,37H,12H2,1H3. The average molecular weight is 800 g/mol. The van der Waals surface area contributed by atoms with Gasteiger partial charge in [0.1, 0.15) is 0 Å². The van der Waals surface area contributed by atoms with Crippen molar-refractivity contribution in [2.24, 2.45) is 5.92 Å². The van der Waals surface area contributed by atoms with Crippen molar-refractivity contribution in [3.63, 3.8) is 0 Å². The lowest BCUT2D eigenvalue weighted by Gasteiger charge is -2.47. The molecule has 0 N–H and O–H groups in total. The van der Waals surface area contributed by atoms with Gasteiger partial charge >= 0.3 is 0 Å². The van der Waals surface area contributed by atoms with Crippen LogP contribution >= 0.6 is 22.7 Å². The van der Waals surface area contributed by atoms with Gasteiger partial charge in [-0.2, -0.15) is 0 Å². The number of benzene rings is 7. The molecule has 4 heterocycles. The Balaban J connectivity index is 1.10. The zero-order valence-electron chi connectivity index (χ0n) is 32.9. The van der Waals surface area contributed by atoms with Crippen LogP contribution in [0, 0.1) is 5.92 Å². The zero-order valence-corrected chi connectivity index (χ0v) is 34.6. The summed E-state index contributed by atoms with van der Waals surface area (Å²) in [4.78, 5) is 1.52. The van der Waals surface area contributed by atoms with Crippen LogP contribution in [-0.2, 0) is 5.41 Å². The molecule has 3 atom stereocenters. The second kappa shape index (κ2) is 12.0. The van der Waals surface area contributed by atoms with E-state index in [4.69, 9.17) is 0 Å². The fraction of sp³-hybridized carbons (Fsp3) is 0.0877. The SMILES string of the molecule is CC1CC=Cc2c1sc1c(C3=CC4C=C(C=C3)c3ccc(-c5cccc6c5sc5ccccc56)cc3C43c4ccccc4-n4c5ccccc5c5cccc3c54)cccc21. The summed E-state index contributed by atoms with van der Waals surface area (Å²) >= 11 is 3.92. The number of hydrogen-bond donors (Lipinski definition) is 0. The molecule has 3 aromatic heterocycles. The van der Waals surface area contributed by atoms with Gasteiger partial charge in [0.25, 0.3) is 0 Å². The smallest absolute Gasteiger partial charge is 0.0596 e. The van der Waals surface area contributed by atoms with Gasteiger partial charge in [0, 0.05) is 51.8 Å². The van der Waals surface area contributed by atoms with Gasteiger partial charge in [0.15, 0.2) is 0 Å². The molecule has 282 valence electrons. The third-order valence-electron chi connectivity index (χ3n) is 14.1. The minimum absolute atomic E-state index is 0.0301. The van der Waals surface area contributed by atoms with Gasteiger partial charge in [-0.15, -0.1) is 22.7 Å². The van der Waals surface area contributed by atoms with Gasteiger partial charge in [0.05, 0.1) is 22.1 Å². The maximum absolute atomic E-state index is 2.63. The molecule has 10 aromatic rings. The second-order valence-corrected chi connectivity index (χ2v) is 19.2. The maximum Gasteiger partial charge on any atom is 0.0596 e. The van der Waals surface area contributed by atoms with Crippen molar-refractivity contribution in [1.82, 2.24) is 4.57 Å². The van der Waals surface area contributed by atoms with Crippen molar-refractivity contribution in [2.75, 3.05) is 0 Å². The summed E-state index contributed by atoms with van der Waals surface area (Å²) in [6, 6.07) is 55.5. The van der Waals surface area contributed by atoms with E-state index in [1.165, 1.54) is 118 Å². The summed E-state index contributed by atoms with van der Waals surface area (Å²) in [5.74, 6) is 0.566. The first-order chi connectivity index (χ1) is 29.7. The largest absolute Gasteiger partial charge is 0.309 e. The third-order valence-corrected chi connectivity index (χ3v) is 16.8. The Labute approximate surface area is 356 Å². The number of thiophene rings is 2. The predicted molar refractivity (Wildman–Crippen MR) is 258 cm³/mol. The summed E-state index contributed by atoms with van der Waals surface area (Å²) < 4.78 is 6.65. The third kappa shape index (κ3) is 4.21. The van der Waals surface area contributed by atoms with E-state index < -0.39 is 5.41 Å². The Hall–Kier alpha value is -6.52. The van der Waals surface area contributed by atoms with E-state index in [1.807, 2.05) is 22.7 Å². The molecule has 4 aliphatic rings. The van der Waals surface area contributed by atoms with Crippen LogP contribution in [0.15, 0.2) is 176 Å². The van der Waals surface area contributed by atoms with Crippen molar-refractivity contribution in [1.29, 1.82) is 0 Å². The molecule has 2 bridgehead atoms. The van der Waals surface area contributed by atoms with Crippen LogP contribution in [0.2, 0.25) is 0 Å². The highest BCUT2D eigenvalue weighted by Crippen LogP contribution is 2.60. The lowest BCUT2D eigenvalue weighted by molar-refractivity contribution is 0.513. The molecule has 3 aliphatic carbocycles. The van der Waals surface area contributed by atoms with Crippen LogP contribution in [0.1, 0.15) is 57.5 Å². The van der Waals surface area contributed by atoms with Gasteiger partial charge in [-0.3, -0.25) is 0 Å². The lowest BCUT2D eigenvalue weighted by atomic mass is 9.56. The Morgan fingerprint density at radius 3 is 2.17 bits per heavy atom. The molecule has 0 radical (unpaired) electrons. The van der Waals surface area contributed by atoms with Crippen LogP contribution < -0.4 is 0 Å². The number of aromatic nitrogens is 1. The first-order valence-electron chi connectivity index (χ1n) is 21.2. The van der Waals surface area contributed by atoms with E-state index in [-0.39, 0.29) is 5.92 Å². The van der Waals surface area contributed by atoms with E-state index in [1.54, 1.807) is 0 Å². The number of allylic oxidation sites excluding steroid dienone is 7. The van der Waals surface area contributed by atoms with Gasteiger partial charge in [0.2, 0.25) is 0 Å². The van der Waals surface area contributed by atoms with E-state index >= 15 is 0 Å². The fourth-order valence-corrected chi connectivity index (χ4v) is 14.2. The molecule has 0 amide bonds. The van der Waals surface area contributed by atoms with Crippen molar-refractivity contribution in [3.05, 3.63) is 214 Å². The Bertz CT molecular complexity index is 3670. The van der Waals surface area contributed by atoms with Crippen LogP contribution in [0.3, 0.4) is 0 Å². The number of nitrogens with zero attached hydrogens (tertiary/aromatic N) is 1. The molecule has 1 nitrogen and oxygen atoms in total. The topological polar surface area (TPSA) is 4.93 Å². The molecule has 7 aromatic carbocycles. The second-order valence-electron chi connectivity index (χ2n) is 17.1. The highest BCUT2D eigenvalue weighted by Gasteiger charge is 2.51. The fourth-order valence-electron chi connectivity index (χ4n) is 11.6. The summed E-state index contributed by atoms with van der Waals surface area (Å²) in [7, 11) is 0. The van der Waals surface area contributed by atoms with Crippen molar-refractivity contribution >= 4 is 92.0 Å². The highest BCUT2D eigenvalue weighted by molar-refractivity contribution is 7.26. The van der Waals surface area contributed by atoms with Crippen molar-refractivity contribution < 1.29 is 0 Å². The summed E-state index contributed by atoms with van der Waals surface area (Å²) in [5, 5.41) is 6.66. The molecule has 0 saturated heterocycles. The van der Waals surface area contributed by atoms with Gasteiger partial charge < -0.3 is 4.57 Å². The molecular weight excluding hydrogens is 763 g/mol. The summed E-state index contributed by atoms with van der Waals surface area (Å²) in [6.07, 6.45) is 15.9. The minimum atomic E-state index is -0.513. The number of para-hydroxylation sites is 3. The number of fused-ring (bicyclic) bond motifs is 18. The molecular formula is C57H37NS2. The average Bonchev–Trinajstić information content (AvgIpc) is 3.94. The van der Waals surface area contributed by atoms with Crippen LogP contribution in [0.5, 0.6) is 0 Å². The van der Waals surface area contributed by atoms with Crippen LogP contribution in [0.25, 0.3) is 86.1 Å². The summed E-state index contributed by atoms with van der Waals surface area (Å²) in [5.41, 5.74) is 16.6. The maximum atomic E-state index is 2.63. The van der Waals surface area contributed by atoms with E-state index in [0.717, 1.165) is 6.42 Å². The van der Waals surface area contributed by atoms with Gasteiger partial charge in [-0.25, -0.2) is 0 Å². The number of rotatable bonds is 2. The first-order valence-corrected chi connectivity index (χ1v) is 22.8. The quantitative estimate of drug-likeness (QED) is 0.164. The normalized spacial score (nSPS) is 19.8. The lowest BCUT2D eigenvalue weighted by Crippen LogP contribution is -2.42. The molecule has 0 saturated carbocycles. The first kappa shape index (κ1) is 33.3. The van der Waals surface area contributed by atoms with Gasteiger partial charge in [-0.05, 0) is 92.3 Å². The predicted octanol–water partition coefficient (Wildman–Crippen LogP) is 15.9. The monoisotopic (exact) mass is 799 g/mol. The molecule has 1 aliphatic heterocycles. The molecule has 14 rings (SSSR count). The molecule has 0 fully saturated rings. The van der Waals surface area contributed by atoms with E-state index in [0.29, 0.717) is 5.92 Å². The Morgan fingerprint density at radius 2 is 1.25 bits per heavy atom. The molecule has 3 heteroatoms. The van der Waals surface area contributed by atoms with Gasteiger partial charge in [-0.1, -0.05) is 165 Å². The molecule has 1 spiro atoms. The van der Waals surface area contributed by atoms with Crippen LogP contribution in [-0.4, -0.2) is 4.57 Å². The van der Waals surface area contributed by atoms with Crippen molar-refractivity contribution in [3.8, 4) is 16.8 Å².